The van der Waals surface area contributed by atoms with E-state index in [0.717, 1.165) is 90.6 Å². The van der Waals surface area contributed by atoms with E-state index in [1.165, 1.54) is 11.1 Å². The van der Waals surface area contributed by atoms with Gasteiger partial charge in [0.1, 0.15) is 22.8 Å². The van der Waals surface area contributed by atoms with Crippen LogP contribution in [0.1, 0.15) is 52.7 Å². The number of para-hydroxylation sites is 2. The van der Waals surface area contributed by atoms with Gasteiger partial charge in [-0.2, -0.15) is 0 Å². The lowest BCUT2D eigenvalue weighted by molar-refractivity contribution is 0.590. The van der Waals surface area contributed by atoms with Gasteiger partial charge in [0.25, 0.3) is 0 Å². The SMILES string of the molecule is CC(C)(C)c1ccc(N2c3cc(-c4ccccc4)oc3B3c4oc(-c5ccccc5)cc4N(c4ccc(C(C)(C)C)cc4)c4cc(N(c5ccccc5)c5ccccc5)cc2c43)cc1. The van der Waals surface area contributed by atoms with Crippen LogP contribution in [0.25, 0.3) is 22.6 Å². The fourth-order valence-corrected chi connectivity index (χ4v) is 9.47. The average Bonchev–Trinajstić information content (AvgIpc) is 3.96. The number of benzene rings is 7. The zero-order chi connectivity index (χ0) is 43.7. The Morgan fingerprint density at radius 3 is 1.11 bits per heavy atom. The van der Waals surface area contributed by atoms with Gasteiger partial charge in [-0.25, -0.2) is 0 Å². The van der Waals surface area contributed by atoms with Crippen LogP contribution in [0.4, 0.5) is 51.2 Å². The molecule has 0 amide bonds. The molecule has 0 spiro atoms. The molecule has 7 aromatic carbocycles. The van der Waals surface area contributed by atoms with Crippen molar-refractivity contribution >= 4 is 74.7 Å². The van der Waals surface area contributed by atoms with E-state index < -0.39 is 0 Å². The van der Waals surface area contributed by atoms with Gasteiger partial charge < -0.3 is 23.5 Å². The number of anilines is 9. The molecule has 0 radical (unpaired) electrons. The number of fused-ring (bicyclic) bond motifs is 4. The summed E-state index contributed by atoms with van der Waals surface area (Å²) >= 11 is 0. The zero-order valence-electron chi connectivity index (χ0n) is 37.2. The van der Waals surface area contributed by atoms with Crippen LogP contribution in [0.5, 0.6) is 0 Å². The summed E-state index contributed by atoms with van der Waals surface area (Å²) in [7, 11) is 0. The molecule has 0 aliphatic carbocycles. The molecule has 4 heterocycles. The summed E-state index contributed by atoms with van der Waals surface area (Å²) in [5.41, 5.74) is 16.7. The molecule has 6 heteroatoms. The Morgan fingerprint density at radius 2 is 0.750 bits per heavy atom. The Labute approximate surface area is 376 Å². The van der Waals surface area contributed by atoms with Crippen molar-refractivity contribution in [3.8, 4) is 22.6 Å². The molecule has 0 N–H and O–H groups in total. The molecule has 0 unspecified atom stereocenters. The Kier molecular flexibility index (Phi) is 9.32. The lowest BCUT2D eigenvalue weighted by atomic mass is 9.38. The molecule has 11 rings (SSSR count). The topological polar surface area (TPSA) is 36.0 Å². The predicted molar refractivity (Wildman–Crippen MR) is 268 cm³/mol. The highest BCUT2D eigenvalue weighted by Crippen LogP contribution is 2.50. The summed E-state index contributed by atoms with van der Waals surface area (Å²) in [6.07, 6.45) is 0. The van der Waals surface area contributed by atoms with E-state index in [1.54, 1.807) is 0 Å². The Hall–Kier alpha value is -7.44. The first-order valence-corrected chi connectivity index (χ1v) is 22.3. The smallest absolute Gasteiger partial charge is 0.342 e. The number of furan rings is 2. The highest BCUT2D eigenvalue weighted by Gasteiger charge is 2.49. The molecule has 5 nitrogen and oxygen atoms in total. The van der Waals surface area contributed by atoms with Gasteiger partial charge in [-0.15, -0.1) is 0 Å². The number of nitrogens with zero attached hydrogens (tertiary/aromatic N) is 3. The summed E-state index contributed by atoms with van der Waals surface area (Å²) in [6, 6.07) is 69.6. The van der Waals surface area contributed by atoms with E-state index in [4.69, 9.17) is 8.83 Å². The fourth-order valence-electron chi connectivity index (χ4n) is 9.47. The van der Waals surface area contributed by atoms with Crippen LogP contribution in [0.2, 0.25) is 0 Å². The van der Waals surface area contributed by atoms with E-state index in [1.807, 2.05) is 12.1 Å². The first kappa shape index (κ1) is 39.4. The zero-order valence-corrected chi connectivity index (χ0v) is 37.2. The van der Waals surface area contributed by atoms with Gasteiger partial charge >= 0.3 is 6.71 Å². The van der Waals surface area contributed by atoms with Crippen molar-refractivity contribution in [3.05, 3.63) is 205 Å². The van der Waals surface area contributed by atoms with Gasteiger partial charge in [-0.1, -0.05) is 163 Å². The average molecular weight is 832 g/mol. The lowest BCUT2D eigenvalue weighted by Gasteiger charge is -2.41. The standard InChI is InChI=1S/C58H50BN3O2/c1-57(2,3)41-27-31-45(32-28-41)61-48-35-47(60(43-23-15-9-16-24-43)44-25-17-10-18-26-44)36-49-54(48)59(55-50(61)37-52(63-55)39-19-11-7-12-20-39)56-51(38-53(64-56)40-21-13-8-14-22-40)62(49)46-33-29-42(30-34-46)58(4,5)6/h7-38H,1-6H3. The van der Waals surface area contributed by atoms with E-state index in [2.05, 4.69) is 238 Å². The maximum Gasteiger partial charge on any atom is 0.342 e. The van der Waals surface area contributed by atoms with Crippen molar-refractivity contribution in [3.63, 3.8) is 0 Å². The number of hydrogen-bond acceptors (Lipinski definition) is 5. The van der Waals surface area contributed by atoms with Gasteiger partial charge in [-0.3, -0.25) is 0 Å². The van der Waals surface area contributed by atoms with Crippen molar-refractivity contribution in [1.82, 2.24) is 0 Å². The molecule has 0 saturated carbocycles. The first-order chi connectivity index (χ1) is 31.0. The molecule has 2 aliphatic rings. The van der Waals surface area contributed by atoms with Crippen molar-refractivity contribution in [2.75, 3.05) is 14.7 Å². The van der Waals surface area contributed by atoms with Gasteiger partial charge in [0.15, 0.2) is 0 Å². The van der Waals surface area contributed by atoms with Gasteiger partial charge in [0, 0.05) is 57.4 Å². The van der Waals surface area contributed by atoms with Gasteiger partial charge in [0.05, 0.1) is 17.1 Å². The number of rotatable bonds is 7. The van der Waals surface area contributed by atoms with Crippen LogP contribution in [0.3, 0.4) is 0 Å². The maximum atomic E-state index is 7.22. The minimum atomic E-state index is -0.351. The summed E-state index contributed by atoms with van der Waals surface area (Å²) < 4.78 is 14.4. The number of hydrogen-bond donors (Lipinski definition) is 0. The van der Waals surface area contributed by atoms with Crippen molar-refractivity contribution in [2.45, 2.75) is 52.4 Å². The monoisotopic (exact) mass is 831 g/mol. The van der Waals surface area contributed by atoms with Crippen LogP contribution in [-0.4, -0.2) is 6.71 Å². The summed E-state index contributed by atoms with van der Waals surface area (Å²) in [5, 5.41) is 0. The molecule has 312 valence electrons. The summed E-state index contributed by atoms with van der Waals surface area (Å²) in [6.45, 7) is 13.2. The predicted octanol–water partition coefficient (Wildman–Crippen LogP) is 14.4. The Bertz CT molecular complexity index is 2900. The molecule has 0 atom stereocenters. The largest absolute Gasteiger partial charge is 0.468 e. The normalized spacial score (nSPS) is 13.1. The van der Waals surface area contributed by atoms with E-state index in [-0.39, 0.29) is 17.5 Å². The minimum Gasteiger partial charge on any atom is -0.468 e. The molecular formula is C58H50BN3O2. The van der Waals surface area contributed by atoms with Gasteiger partial charge in [0.2, 0.25) is 0 Å². The third-order valence-electron chi connectivity index (χ3n) is 12.8. The molecule has 2 aromatic heterocycles. The highest BCUT2D eigenvalue weighted by atomic mass is 16.4. The third-order valence-corrected chi connectivity index (χ3v) is 12.8. The highest BCUT2D eigenvalue weighted by molar-refractivity contribution is 6.99. The van der Waals surface area contributed by atoms with Gasteiger partial charge in [-0.05, 0) is 88.1 Å². The third kappa shape index (κ3) is 6.73. The van der Waals surface area contributed by atoms with Crippen molar-refractivity contribution in [2.24, 2.45) is 0 Å². The molecule has 0 bridgehead atoms. The van der Waals surface area contributed by atoms with Crippen LogP contribution in [0, 0.1) is 0 Å². The summed E-state index contributed by atoms with van der Waals surface area (Å²) in [5.74, 6) is 1.62. The fraction of sp³-hybridized carbons (Fsp3) is 0.138. The van der Waals surface area contributed by atoms with E-state index in [0.29, 0.717) is 0 Å². The first-order valence-electron chi connectivity index (χ1n) is 22.3. The Morgan fingerprint density at radius 1 is 0.391 bits per heavy atom. The maximum absolute atomic E-state index is 7.22. The molecule has 0 fully saturated rings. The van der Waals surface area contributed by atoms with Crippen molar-refractivity contribution in [1.29, 1.82) is 0 Å². The van der Waals surface area contributed by atoms with Crippen LogP contribution in [0.15, 0.2) is 203 Å². The molecule has 2 aliphatic heterocycles. The molecule has 64 heavy (non-hydrogen) atoms. The quantitative estimate of drug-likeness (QED) is 0.150. The lowest BCUT2D eigenvalue weighted by Crippen LogP contribution is -2.60. The van der Waals surface area contributed by atoms with Crippen LogP contribution in [-0.2, 0) is 10.8 Å². The van der Waals surface area contributed by atoms with Crippen molar-refractivity contribution < 1.29 is 8.83 Å². The molecular weight excluding hydrogens is 781 g/mol. The Balaban J connectivity index is 1.25. The van der Waals surface area contributed by atoms with Crippen LogP contribution >= 0.6 is 0 Å². The second-order valence-corrected chi connectivity index (χ2v) is 19.1. The molecule has 0 saturated heterocycles. The second-order valence-electron chi connectivity index (χ2n) is 19.1. The second kappa shape index (κ2) is 15.1. The summed E-state index contributed by atoms with van der Waals surface area (Å²) in [4.78, 5) is 7.20. The van der Waals surface area contributed by atoms with Crippen LogP contribution < -0.4 is 31.5 Å². The minimum absolute atomic E-state index is 0.00700. The van der Waals surface area contributed by atoms with E-state index >= 15 is 0 Å². The molecule has 9 aromatic rings. The van der Waals surface area contributed by atoms with E-state index in [9.17, 15) is 0 Å².